The van der Waals surface area contributed by atoms with Crippen LogP contribution in [-0.2, 0) is 4.74 Å². The lowest BCUT2D eigenvalue weighted by Crippen LogP contribution is -2.72. The summed E-state index contributed by atoms with van der Waals surface area (Å²) in [5.41, 5.74) is 7.66. The standard InChI is InChI=1S/C15H19ClN2O2/c1-8-4-5-9(11(16)7-8)15(19)18-13-12(17)10-3-2-6-20-14(10)13/h4-5,7,10,12-14H,2-3,6,17H2,1H3,(H,18,19). The molecule has 3 rings (SSSR count). The molecule has 20 heavy (non-hydrogen) atoms. The fourth-order valence-electron chi connectivity index (χ4n) is 3.16. The molecule has 1 heterocycles. The zero-order chi connectivity index (χ0) is 14.3. The van der Waals surface area contributed by atoms with Gasteiger partial charge in [-0.3, -0.25) is 4.79 Å². The van der Waals surface area contributed by atoms with E-state index >= 15 is 0 Å². The van der Waals surface area contributed by atoms with Crippen molar-refractivity contribution < 1.29 is 9.53 Å². The normalized spacial score (nSPS) is 32.1. The highest BCUT2D eigenvalue weighted by Gasteiger charge is 2.51. The fourth-order valence-corrected chi connectivity index (χ4v) is 3.48. The molecule has 1 aliphatic carbocycles. The van der Waals surface area contributed by atoms with E-state index in [1.165, 1.54) is 0 Å². The number of hydrogen-bond acceptors (Lipinski definition) is 3. The van der Waals surface area contributed by atoms with E-state index in [0.29, 0.717) is 16.5 Å². The predicted molar refractivity (Wildman–Crippen MR) is 77.9 cm³/mol. The average molecular weight is 295 g/mol. The number of nitrogens with two attached hydrogens (primary N) is 1. The lowest BCUT2D eigenvalue weighted by molar-refractivity contribution is -0.117. The summed E-state index contributed by atoms with van der Waals surface area (Å²) in [6.45, 7) is 2.70. The van der Waals surface area contributed by atoms with Gasteiger partial charge in [-0.1, -0.05) is 17.7 Å². The Kier molecular flexibility index (Phi) is 3.71. The lowest BCUT2D eigenvalue weighted by atomic mass is 9.68. The summed E-state index contributed by atoms with van der Waals surface area (Å²) >= 11 is 6.12. The van der Waals surface area contributed by atoms with Crippen LogP contribution in [0.15, 0.2) is 18.2 Å². The first-order valence-electron chi connectivity index (χ1n) is 7.02. The van der Waals surface area contributed by atoms with Crippen molar-refractivity contribution in [1.82, 2.24) is 5.32 Å². The fraction of sp³-hybridized carbons (Fsp3) is 0.533. The SMILES string of the molecule is Cc1ccc(C(=O)NC2C(N)C3CCCOC32)c(Cl)c1. The molecule has 1 saturated carbocycles. The van der Waals surface area contributed by atoms with Gasteiger partial charge in [0, 0.05) is 18.6 Å². The second-order valence-corrected chi connectivity index (χ2v) is 6.11. The summed E-state index contributed by atoms with van der Waals surface area (Å²) in [5.74, 6) is 0.200. The number of carbonyl (C=O) groups is 1. The Hall–Kier alpha value is -1.10. The minimum absolute atomic E-state index is 0.0199. The maximum atomic E-state index is 12.3. The van der Waals surface area contributed by atoms with Gasteiger partial charge in [-0.05, 0) is 37.5 Å². The molecule has 2 fully saturated rings. The zero-order valence-corrected chi connectivity index (χ0v) is 12.2. The monoisotopic (exact) mass is 294 g/mol. The molecule has 1 amide bonds. The van der Waals surface area contributed by atoms with Crippen LogP contribution in [0.1, 0.15) is 28.8 Å². The molecule has 1 saturated heterocycles. The highest BCUT2D eigenvalue weighted by molar-refractivity contribution is 6.33. The second kappa shape index (κ2) is 5.35. The number of rotatable bonds is 2. The summed E-state index contributed by atoms with van der Waals surface area (Å²) in [6, 6.07) is 5.29. The molecule has 5 heteroatoms. The van der Waals surface area contributed by atoms with Crippen LogP contribution < -0.4 is 11.1 Å². The van der Waals surface area contributed by atoms with Gasteiger partial charge in [-0.2, -0.15) is 0 Å². The quantitative estimate of drug-likeness (QED) is 0.875. The third kappa shape index (κ3) is 2.32. The van der Waals surface area contributed by atoms with Gasteiger partial charge in [0.05, 0.1) is 22.7 Å². The van der Waals surface area contributed by atoms with E-state index in [2.05, 4.69) is 5.32 Å². The lowest BCUT2D eigenvalue weighted by Gasteiger charge is -2.52. The van der Waals surface area contributed by atoms with Crippen LogP contribution in [0.5, 0.6) is 0 Å². The zero-order valence-electron chi connectivity index (χ0n) is 11.4. The van der Waals surface area contributed by atoms with E-state index in [4.69, 9.17) is 22.1 Å². The topological polar surface area (TPSA) is 64.4 Å². The van der Waals surface area contributed by atoms with E-state index in [1.54, 1.807) is 12.1 Å². The molecule has 0 bridgehead atoms. The molecular weight excluding hydrogens is 276 g/mol. The van der Waals surface area contributed by atoms with Crippen LogP contribution in [0, 0.1) is 12.8 Å². The van der Waals surface area contributed by atoms with Crippen molar-refractivity contribution in [2.24, 2.45) is 11.7 Å². The van der Waals surface area contributed by atoms with E-state index in [0.717, 1.165) is 25.0 Å². The first-order chi connectivity index (χ1) is 9.58. The molecule has 4 nitrogen and oxygen atoms in total. The summed E-state index contributed by atoms with van der Waals surface area (Å²) in [6.07, 6.45) is 2.20. The number of fused-ring (bicyclic) bond motifs is 1. The summed E-state index contributed by atoms with van der Waals surface area (Å²) in [4.78, 5) is 12.3. The molecule has 1 aliphatic heterocycles. The Bertz CT molecular complexity index is 535. The smallest absolute Gasteiger partial charge is 0.253 e. The number of nitrogens with one attached hydrogen (secondary N) is 1. The molecule has 4 atom stereocenters. The first kappa shape index (κ1) is 13.9. The Balaban J connectivity index is 1.70. The summed E-state index contributed by atoms with van der Waals surface area (Å²) in [5, 5.41) is 3.44. The third-order valence-electron chi connectivity index (χ3n) is 4.34. The minimum atomic E-state index is -0.178. The van der Waals surface area contributed by atoms with Crippen molar-refractivity contribution in [3.05, 3.63) is 34.3 Å². The van der Waals surface area contributed by atoms with Crippen LogP contribution in [0.4, 0.5) is 0 Å². The van der Waals surface area contributed by atoms with E-state index in [9.17, 15) is 4.79 Å². The number of amides is 1. The molecule has 2 aliphatic rings. The molecule has 0 spiro atoms. The second-order valence-electron chi connectivity index (χ2n) is 5.70. The van der Waals surface area contributed by atoms with Gasteiger partial charge in [-0.25, -0.2) is 0 Å². The van der Waals surface area contributed by atoms with Crippen molar-refractivity contribution in [3.8, 4) is 0 Å². The van der Waals surface area contributed by atoms with E-state index in [1.807, 2.05) is 13.0 Å². The number of hydrogen-bond donors (Lipinski definition) is 2. The van der Waals surface area contributed by atoms with Gasteiger partial charge in [0.1, 0.15) is 0 Å². The van der Waals surface area contributed by atoms with Gasteiger partial charge in [-0.15, -0.1) is 0 Å². The molecule has 3 N–H and O–H groups in total. The average Bonchev–Trinajstić information content (AvgIpc) is 2.44. The Morgan fingerprint density at radius 2 is 2.30 bits per heavy atom. The minimum Gasteiger partial charge on any atom is -0.376 e. The van der Waals surface area contributed by atoms with Gasteiger partial charge in [0.15, 0.2) is 0 Å². The van der Waals surface area contributed by atoms with Crippen LogP contribution >= 0.6 is 11.6 Å². The molecule has 1 aromatic rings. The van der Waals surface area contributed by atoms with Crippen LogP contribution in [-0.4, -0.2) is 30.7 Å². The van der Waals surface area contributed by atoms with Crippen LogP contribution in [0.2, 0.25) is 5.02 Å². The Morgan fingerprint density at radius 1 is 1.50 bits per heavy atom. The molecule has 4 unspecified atom stereocenters. The van der Waals surface area contributed by atoms with Crippen molar-refractivity contribution in [2.45, 2.75) is 38.0 Å². The number of ether oxygens (including phenoxy) is 1. The van der Waals surface area contributed by atoms with E-state index < -0.39 is 0 Å². The van der Waals surface area contributed by atoms with Gasteiger partial charge >= 0.3 is 0 Å². The van der Waals surface area contributed by atoms with Crippen LogP contribution in [0.3, 0.4) is 0 Å². The number of carbonyl (C=O) groups excluding carboxylic acids is 1. The van der Waals surface area contributed by atoms with Gasteiger partial charge in [0.25, 0.3) is 5.91 Å². The predicted octanol–water partition coefficient (Wildman–Crippen LogP) is 1.88. The van der Waals surface area contributed by atoms with E-state index in [-0.39, 0.29) is 24.1 Å². The Morgan fingerprint density at radius 3 is 3.05 bits per heavy atom. The first-order valence-corrected chi connectivity index (χ1v) is 7.40. The largest absolute Gasteiger partial charge is 0.376 e. The molecule has 0 aromatic heterocycles. The van der Waals surface area contributed by atoms with Crippen molar-refractivity contribution in [3.63, 3.8) is 0 Å². The summed E-state index contributed by atoms with van der Waals surface area (Å²) in [7, 11) is 0. The highest BCUT2D eigenvalue weighted by atomic mass is 35.5. The Labute approximate surface area is 123 Å². The number of halogens is 1. The number of aryl methyl sites for hydroxylation is 1. The maximum Gasteiger partial charge on any atom is 0.253 e. The van der Waals surface area contributed by atoms with Gasteiger partial charge in [0.2, 0.25) is 0 Å². The third-order valence-corrected chi connectivity index (χ3v) is 4.66. The molecule has 1 aromatic carbocycles. The highest BCUT2D eigenvalue weighted by Crippen LogP contribution is 2.37. The van der Waals surface area contributed by atoms with Crippen molar-refractivity contribution in [1.29, 1.82) is 0 Å². The maximum absolute atomic E-state index is 12.3. The molecular formula is C15H19ClN2O2. The van der Waals surface area contributed by atoms with Crippen molar-refractivity contribution >= 4 is 17.5 Å². The molecule has 0 radical (unpaired) electrons. The van der Waals surface area contributed by atoms with Crippen molar-refractivity contribution in [2.75, 3.05) is 6.61 Å². The number of benzene rings is 1. The summed E-state index contributed by atoms with van der Waals surface area (Å²) < 4.78 is 5.72. The molecule has 108 valence electrons. The van der Waals surface area contributed by atoms with Gasteiger partial charge < -0.3 is 15.8 Å². The van der Waals surface area contributed by atoms with Crippen LogP contribution in [0.25, 0.3) is 0 Å².